The topological polar surface area (TPSA) is 42.7 Å². The quantitative estimate of drug-likeness (QED) is 0.875. The van der Waals surface area contributed by atoms with E-state index in [1.807, 2.05) is 29.1 Å². The molecule has 18 heavy (non-hydrogen) atoms. The van der Waals surface area contributed by atoms with Gasteiger partial charge in [0.15, 0.2) is 0 Å². The number of nitrogens with zero attached hydrogens (tertiary/aromatic N) is 3. The molecule has 1 aromatic heterocycles. The molecule has 1 aliphatic rings. The molecular formula is C14H18N4. The molecule has 0 saturated carbocycles. The molecule has 2 atom stereocenters. The molecule has 1 N–H and O–H groups in total. The van der Waals surface area contributed by atoms with Crippen molar-refractivity contribution in [3.05, 3.63) is 42.2 Å². The first kappa shape index (κ1) is 11.4. The van der Waals surface area contributed by atoms with E-state index in [-0.39, 0.29) is 0 Å². The normalized spacial score (nSPS) is 24.1. The van der Waals surface area contributed by atoms with Crippen molar-refractivity contribution in [1.82, 2.24) is 20.3 Å². The van der Waals surface area contributed by atoms with Crippen molar-refractivity contribution in [2.45, 2.75) is 19.3 Å². The summed E-state index contributed by atoms with van der Waals surface area (Å²) < 4.78 is 1.96. The average molecular weight is 242 g/mol. The van der Waals surface area contributed by atoms with Crippen LogP contribution in [0.15, 0.2) is 36.5 Å². The molecule has 0 bridgehead atoms. The highest BCUT2D eigenvalue weighted by Gasteiger charge is 2.23. The number of hydrogen-bond donors (Lipinski definition) is 1. The first-order chi connectivity index (χ1) is 8.84. The van der Waals surface area contributed by atoms with Crippen LogP contribution >= 0.6 is 0 Å². The number of nitrogens with one attached hydrogen (secondary N) is 1. The van der Waals surface area contributed by atoms with E-state index < -0.39 is 0 Å². The molecule has 2 heterocycles. The van der Waals surface area contributed by atoms with Crippen LogP contribution in [-0.2, 0) is 0 Å². The maximum atomic E-state index is 4.23. The second kappa shape index (κ2) is 4.90. The molecule has 0 radical (unpaired) electrons. The predicted molar refractivity (Wildman–Crippen MR) is 70.8 cm³/mol. The molecule has 4 nitrogen and oxygen atoms in total. The fourth-order valence-corrected chi connectivity index (χ4v) is 2.67. The SMILES string of the molecule is CC1CNCC(c2cnnn2-c2ccccc2)C1. The summed E-state index contributed by atoms with van der Waals surface area (Å²) in [6, 6.07) is 10.2. The zero-order valence-corrected chi connectivity index (χ0v) is 10.6. The van der Waals surface area contributed by atoms with E-state index in [2.05, 4.69) is 34.7 Å². The summed E-state index contributed by atoms with van der Waals surface area (Å²) in [5, 5.41) is 11.8. The minimum Gasteiger partial charge on any atom is -0.316 e. The lowest BCUT2D eigenvalue weighted by Crippen LogP contribution is -2.34. The summed E-state index contributed by atoms with van der Waals surface area (Å²) in [5.74, 6) is 1.21. The Bertz CT molecular complexity index is 506. The van der Waals surface area contributed by atoms with Crippen LogP contribution in [-0.4, -0.2) is 28.1 Å². The highest BCUT2D eigenvalue weighted by Crippen LogP contribution is 2.26. The lowest BCUT2D eigenvalue weighted by Gasteiger charge is -2.27. The van der Waals surface area contributed by atoms with Crippen LogP contribution in [0.5, 0.6) is 0 Å². The predicted octanol–water partition coefficient (Wildman–Crippen LogP) is 1.98. The second-order valence-corrected chi connectivity index (χ2v) is 5.10. The molecule has 94 valence electrons. The van der Waals surface area contributed by atoms with Gasteiger partial charge in [0.25, 0.3) is 0 Å². The Morgan fingerprint density at radius 3 is 2.83 bits per heavy atom. The van der Waals surface area contributed by atoms with Crippen LogP contribution in [0.1, 0.15) is 25.0 Å². The van der Waals surface area contributed by atoms with E-state index in [1.54, 1.807) is 0 Å². The molecule has 1 saturated heterocycles. The van der Waals surface area contributed by atoms with Crippen LogP contribution < -0.4 is 5.32 Å². The largest absolute Gasteiger partial charge is 0.316 e. The summed E-state index contributed by atoms with van der Waals surface area (Å²) in [6.07, 6.45) is 3.10. The third kappa shape index (κ3) is 2.16. The molecule has 0 aliphatic carbocycles. The minimum atomic E-state index is 0.504. The zero-order chi connectivity index (χ0) is 12.4. The summed E-state index contributed by atoms with van der Waals surface area (Å²) >= 11 is 0. The Morgan fingerprint density at radius 1 is 1.22 bits per heavy atom. The third-order valence-electron chi connectivity index (χ3n) is 3.57. The molecule has 0 amide bonds. The highest BCUT2D eigenvalue weighted by molar-refractivity contribution is 5.32. The van der Waals surface area contributed by atoms with Gasteiger partial charge in [-0.05, 0) is 31.0 Å². The summed E-state index contributed by atoms with van der Waals surface area (Å²) in [4.78, 5) is 0. The van der Waals surface area contributed by atoms with Gasteiger partial charge >= 0.3 is 0 Å². The van der Waals surface area contributed by atoms with Crippen LogP contribution in [0.4, 0.5) is 0 Å². The van der Waals surface area contributed by atoms with Gasteiger partial charge in [0.2, 0.25) is 0 Å². The Balaban J connectivity index is 1.92. The van der Waals surface area contributed by atoms with Gasteiger partial charge in [0.05, 0.1) is 17.6 Å². The number of piperidine rings is 1. The van der Waals surface area contributed by atoms with Gasteiger partial charge < -0.3 is 5.32 Å². The maximum absolute atomic E-state index is 4.23. The molecule has 1 aliphatic heterocycles. The number of para-hydroxylation sites is 1. The first-order valence-corrected chi connectivity index (χ1v) is 6.51. The van der Waals surface area contributed by atoms with Crippen LogP contribution in [0, 0.1) is 5.92 Å². The molecule has 1 aromatic carbocycles. The van der Waals surface area contributed by atoms with E-state index in [1.165, 1.54) is 12.1 Å². The summed E-state index contributed by atoms with van der Waals surface area (Å²) in [7, 11) is 0. The van der Waals surface area contributed by atoms with Crippen LogP contribution in [0.2, 0.25) is 0 Å². The smallest absolute Gasteiger partial charge is 0.0733 e. The number of aromatic nitrogens is 3. The van der Waals surface area contributed by atoms with Crippen molar-refractivity contribution >= 4 is 0 Å². The van der Waals surface area contributed by atoms with Gasteiger partial charge in [0, 0.05) is 12.5 Å². The summed E-state index contributed by atoms with van der Waals surface area (Å²) in [6.45, 7) is 4.42. The van der Waals surface area contributed by atoms with E-state index >= 15 is 0 Å². The Morgan fingerprint density at radius 2 is 2.06 bits per heavy atom. The number of benzene rings is 1. The van der Waals surface area contributed by atoms with E-state index in [9.17, 15) is 0 Å². The van der Waals surface area contributed by atoms with Gasteiger partial charge in [-0.2, -0.15) is 0 Å². The zero-order valence-electron chi connectivity index (χ0n) is 10.6. The fraction of sp³-hybridized carbons (Fsp3) is 0.429. The Kier molecular flexibility index (Phi) is 3.11. The average Bonchev–Trinajstić information content (AvgIpc) is 2.89. The highest BCUT2D eigenvalue weighted by atomic mass is 15.4. The molecule has 3 rings (SSSR count). The van der Waals surface area contributed by atoms with Crippen LogP contribution in [0.3, 0.4) is 0 Å². The number of rotatable bonds is 2. The fourth-order valence-electron chi connectivity index (χ4n) is 2.67. The van der Waals surface area contributed by atoms with Crippen molar-refractivity contribution < 1.29 is 0 Å². The van der Waals surface area contributed by atoms with E-state index in [0.717, 1.165) is 18.8 Å². The van der Waals surface area contributed by atoms with Gasteiger partial charge in [-0.1, -0.05) is 30.3 Å². The monoisotopic (exact) mass is 242 g/mol. The molecular weight excluding hydrogens is 224 g/mol. The third-order valence-corrected chi connectivity index (χ3v) is 3.57. The molecule has 0 spiro atoms. The van der Waals surface area contributed by atoms with Gasteiger partial charge in [0.1, 0.15) is 0 Å². The molecule has 2 unspecified atom stereocenters. The van der Waals surface area contributed by atoms with Gasteiger partial charge in [-0.25, -0.2) is 4.68 Å². The van der Waals surface area contributed by atoms with E-state index in [4.69, 9.17) is 0 Å². The first-order valence-electron chi connectivity index (χ1n) is 6.51. The van der Waals surface area contributed by atoms with E-state index in [0.29, 0.717) is 11.8 Å². The standard InChI is InChI=1S/C14H18N4/c1-11-7-12(9-15-8-11)14-10-16-17-18(14)13-5-3-2-4-6-13/h2-6,10-12,15H,7-9H2,1H3. The maximum Gasteiger partial charge on any atom is 0.0733 e. The van der Waals surface area contributed by atoms with Crippen molar-refractivity contribution in [1.29, 1.82) is 0 Å². The van der Waals surface area contributed by atoms with Crippen LogP contribution in [0.25, 0.3) is 5.69 Å². The van der Waals surface area contributed by atoms with Crippen molar-refractivity contribution in [2.24, 2.45) is 5.92 Å². The van der Waals surface area contributed by atoms with Crippen molar-refractivity contribution in [3.63, 3.8) is 0 Å². The number of hydrogen-bond acceptors (Lipinski definition) is 3. The molecule has 1 fully saturated rings. The second-order valence-electron chi connectivity index (χ2n) is 5.10. The lowest BCUT2D eigenvalue weighted by atomic mass is 9.89. The van der Waals surface area contributed by atoms with Crippen molar-refractivity contribution in [3.8, 4) is 5.69 Å². The van der Waals surface area contributed by atoms with Gasteiger partial charge in [-0.15, -0.1) is 5.10 Å². The van der Waals surface area contributed by atoms with Gasteiger partial charge in [-0.3, -0.25) is 0 Å². The molecule has 2 aromatic rings. The minimum absolute atomic E-state index is 0.504. The molecule has 4 heteroatoms. The Labute approximate surface area is 107 Å². The van der Waals surface area contributed by atoms with Crippen molar-refractivity contribution in [2.75, 3.05) is 13.1 Å². The summed E-state index contributed by atoms with van der Waals surface area (Å²) in [5.41, 5.74) is 2.29. The Hall–Kier alpha value is -1.68. The lowest BCUT2D eigenvalue weighted by molar-refractivity contribution is 0.356.